The second kappa shape index (κ2) is 8.32. The number of aromatic nitrogens is 1. The van der Waals surface area contributed by atoms with Crippen molar-refractivity contribution in [3.05, 3.63) is 58.9 Å². The van der Waals surface area contributed by atoms with Crippen LogP contribution in [0.2, 0.25) is 5.15 Å². The van der Waals surface area contributed by atoms with Gasteiger partial charge in [0.2, 0.25) is 0 Å². The van der Waals surface area contributed by atoms with Gasteiger partial charge in [0.1, 0.15) is 10.9 Å². The zero-order valence-corrected chi connectivity index (χ0v) is 15.0. The predicted octanol–water partition coefficient (Wildman–Crippen LogP) is 3.14. The predicted molar refractivity (Wildman–Crippen MR) is 98.0 cm³/mol. The summed E-state index contributed by atoms with van der Waals surface area (Å²) in [6.07, 6.45) is 3.39. The molecule has 0 saturated carbocycles. The highest BCUT2D eigenvalue weighted by molar-refractivity contribution is 6.29. The first-order valence-corrected chi connectivity index (χ1v) is 8.79. The normalized spacial score (nSPS) is 15.8. The van der Waals surface area contributed by atoms with Crippen LogP contribution < -0.4 is 10.1 Å². The third kappa shape index (κ3) is 4.94. The molecule has 0 atom stereocenters. The van der Waals surface area contributed by atoms with Crippen LogP contribution in [0.25, 0.3) is 0 Å². The first kappa shape index (κ1) is 17.7. The lowest BCUT2D eigenvalue weighted by Crippen LogP contribution is -2.44. The molecule has 1 aliphatic rings. The van der Waals surface area contributed by atoms with E-state index in [9.17, 15) is 4.79 Å². The Morgan fingerprint density at radius 3 is 2.80 bits per heavy atom. The summed E-state index contributed by atoms with van der Waals surface area (Å²) in [5.41, 5.74) is 1.79. The largest absolute Gasteiger partial charge is 0.497 e. The molecule has 3 rings (SSSR count). The minimum atomic E-state index is -0.0876. The van der Waals surface area contributed by atoms with Crippen molar-refractivity contribution in [3.8, 4) is 5.75 Å². The maximum atomic E-state index is 12.2. The van der Waals surface area contributed by atoms with Crippen LogP contribution in [-0.2, 0) is 6.54 Å². The van der Waals surface area contributed by atoms with Crippen LogP contribution in [0.3, 0.4) is 0 Å². The Morgan fingerprint density at radius 1 is 1.32 bits per heavy atom. The van der Waals surface area contributed by atoms with Crippen LogP contribution in [0.1, 0.15) is 28.8 Å². The molecule has 0 unspecified atom stereocenters. The summed E-state index contributed by atoms with van der Waals surface area (Å²) in [6, 6.07) is 11.7. The van der Waals surface area contributed by atoms with E-state index in [2.05, 4.69) is 27.3 Å². The molecular weight excluding hydrogens is 338 g/mol. The average Bonchev–Trinajstić information content (AvgIpc) is 2.64. The molecule has 132 valence electrons. The quantitative estimate of drug-likeness (QED) is 0.833. The molecule has 0 bridgehead atoms. The summed E-state index contributed by atoms with van der Waals surface area (Å²) in [6.45, 7) is 2.82. The number of rotatable bonds is 5. The van der Waals surface area contributed by atoms with Gasteiger partial charge in [-0.05, 0) is 42.7 Å². The molecule has 1 N–H and O–H groups in total. The number of amides is 1. The monoisotopic (exact) mass is 359 g/mol. The fraction of sp³-hybridized carbons (Fsp3) is 0.368. The van der Waals surface area contributed by atoms with Crippen LogP contribution in [0, 0.1) is 0 Å². The topological polar surface area (TPSA) is 54.5 Å². The van der Waals surface area contributed by atoms with Crippen LogP contribution in [0.15, 0.2) is 42.6 Å². The van der Waals surface area contributed by atoms with Crippen molar-refractivity contribution in [2.75, 3.05) is 20.2 Å². The molecule has 1 fully saturated rings. The Labute approximate surface area is 153 Å². The van der Waals surface area contributed by atoms with E-state index in [0.717, 1.165) is 38.2 Å². The van der Waals surface area contributed by atoms with Gasteiger partial charge in [-0.2, -0.15) is 0 Å². The van der Waals surface area contributed by atoms with Gasteiger partial charge >= 0.3 is 0 Å². The highest BCUT2D eigenvalue weighted by Gasteiger charge is 2.21. The molecule has 2 aromatic rings. The van der Waals surface area contributed by atoms with Crippen molar-refractivity contribution < 1.29 is 9.53 Å². The molecule has 2 heterocycles. The number of carbonyl (C=O) groups is 1. The van der Waals surface area contributed by atoms with Gasteiger partial charge < -0.3 is 10.1 Å². The molecule has 0 spiro atoms. The zero-order valence-electron chi connectivity index (χ0n) is 14.2. The summed E-state index contributed by atoms with van der Waals surface area (Å²) in [5.74, 6) is 0.798. The standard InChI is InChI=1S/C19H22ClN3O2/c1-25-17-4-2-3-14(11-17)13-23-9-7-16(8-10-23)22-19(24)15-5-6-18(20)21-12-15/h2-6,11-12,16H,7-10,13H2,1H3,(H,22,24). The van der Waals surface area contributed by atoms with Gasteiger partial charge in [0, 0.05) is 31.9 Å². The Hall–Kier alpha value is -2.11. The summed E-state index contributed by atoms with van der Waals surface area (Å²) in [5, 5.41) is 3.48. The minimum absolute atomic E-state index is 0.0876. The van der Waals surface area contributed by atoms with Gasteiger partial charge in [-0.1, -0.05) is 23.7 Å². The lowest BCUT2D eigenvalue weighted by atomic mass is 10.0. The lowest BCUT2D eigenvalue weighted by Gasteiger charge is -2.32. The highest BCUT2D eigenvalue weighted by atomic mass is 35.5. The number of nitrogens with zero attached hydrogens (tertiary/aromatic N) is 2. The van der Waals surface area contributed by atoms with Gasteiger partial charge in [0.05, 0.1) is 12.7 Å². The first-order valence-electron chi connectivity index (χ1n) is 8.42. The molecule has 1 amide bonds. The SMILES string of the molecule is COc1cccc(CN2CCC(NC(=O)c3ccc(Cl)nc3)CC2)c1. The second-order valence-electron chi connectivity index (χ2n) is 6.25. The molecule has 1 aromatic carbocycles. The van der Waals surface area contributed by atoms with Crippen molar-refractivity contribution >= 4 is 17.5 Å². The number of benzene rings is 1. The number of piperidine rings is 1. The number of halogens is 1. The van der Waals surface area contributed by atoms with Crippen molar-refractivity contribution in [1.82, 2.24) is 15.2 Å². The van der Waals surface area contributed by atoms with Gasteiger partial charge in [-0.25, -0.2) is 4.98 Å². The molecule has 5 nitrogen and oxygen atoms in total. The fourth-order valence-corrected chi connectivity index (χ4v) is 3.16. The number of nitrogens with one attached hydrogen (secondary N) is 1. The van der Waals surface area contributed by atoms with Gasteiger partial charge in [0.15, 0.2) is 0 Å². The van der Waals surface area contributed by atoms with Crippen molar-refractivity contribution in [2.45, 2.75) is 25.4 Å². The Morgan fingerprint density at radius 2 is 2.12 bits per heavy atom. The maximum Gasteiger partial charge on any atom is 0.253 e. The minimum Gasteiger partial charge on any atom is -0.497 e. The van der Waals surface area contributed by atoms with E-state index in [1.807, 2.05) is 12.1 Å². The average molecular weight is 360 g/mol. The highest BCUT2D eigenvalue weighted by Crippen LogP contribution is 2.18. The Bertz CT molecular complexity index is 713. The second-order valence-corrected chi connectivity index (χ2v) is 6.63. The van der Waals surface area contributed by atoms with Gasteiger partial charge in [-0.15, -0.1) is 0 Å². The maximum absolute atomic E-state index is 12.2. The van der Waals surface area contributed by atoms with Crippen LogP contribution in [0.5, 0.6) is 5.75 Å². The lowest BCUT2D eigenvalue weighted by molar-refractivity contribution is 0.0908. The van der Waals surface area contributed by atoms with Crippen molar-refractivity contribution in [2.24, 2.45) is 0 Å². The molecule has 25 heavy (non-hydrogen) atoms. The first-order chi connectivity index (χ1) is 12.1. The van der Waals surface area contributed by atoms with Gasteiger partial charge in [-0.3, -0.25) is 9.69 Å². The number of hydrogen-bond acceptors (Lipinski definition) is 4. The molecule has 1 aromatic heterocycles. The third-order valence-corrected chi connectivity index (χ3v) is 4.68. The fourth-order valence-electron chi connectivity index (χ4n) is 3.04. The summed E-state index contributed by atoms with van der Waals surface area (Å²) in [4.78, 5) is 18.6. The number of carbonyl (C=O) groups excluding carboxylic acids is 1. The van der Waals surface area contributed by atoms with E-state index in [0.29, 0.717) is 10.7 Å². The number of ether oxygens (including phenoxy) is 1. The summed E-state index contributed by atoms with van der Waals surface area (Å²) >= 11 is 5.75. The smallest absolute Gasteiger partial charge is 0.253 e. The van der Waals surface area contributed by atoms with E-state index >= 15 is 0 Å². The van der Waals surface area contributed by atoms with Crippen LogP contribution in [-0.4, -0.2) is 42.0 Å². The van der Waals surface area contributed by atoms with E-state index < -0.39 is 0 Å². The summed E-state index contributed by atoms with van der Waals surface area (Å²) in [7, 11) is 1.68. The third-order valence-electron chi connectivity index (χ3n) is 4.45. The Kier molecular flexibility index (Phi) is 5.89. The van der Waals surface area contributed by atoms with Gasteiger partial charge in [0.25, 0.3) is 5.91 Å². The molecule has 1 saturated heterocycles. The molecular formula is C19H22ClN3O2. The molecule has 0 aliphatic carbocycles. The van der Waals surface area contributed by atoms with E-state index in [4.69, 9.17) is 16.3 Å². The number of hydrogen-bond donors (Lipinski definition) is 1. The number of methoxy groups -OCH3 is 1. The van der Waals surface area contributed by atoms with E-state index in [-0.39, 0.29) is 11.9 Å². The zero-order chi connectivity index (χ0) is 17.6. The van der Waals surface area contributed by atoms with E-state index in [1.54, 1.807) is 19.2 Å². The number of likely N-dealkylation sites (tertiary alicyclic amines) is 1. The van der Waals surface area contributed by atoms with Crippen molar-refractivity contribution in [1.29, 1.82) is 0 Å². The Balaban J connectivity index is 1.48. The number of pyridine rings is 1. The molecule has 0 radical (unpaired) electrons. The van der Waals surface area contributed by atoms with Crippen LogP contribution >= 0.6 is 11.6 Å². The summed E-state index contributed by atoms with van der Waals surface area (Å²) < 4.78 is 5.27. The van der Waals surface area contributed by atoms with E-state index in [1.165, 1.54) is 11.8 Å². The van der Waals surface area contributed by atoms with Crippen LogP contribution in [0.4, 0.5) is 0 Å². The van der Waals surface area contributed by atoms with Crippen molar-refractivity contribution in [3.63, 3.8) is 0 Å². The molecule has 6 heteroatoms. The molecule has 1 aliphatic heterocycles.